The molecule has 1 heterocycles. The summed E-state index contributed by atoms with van der Waals surface area (Å²) >= 11 is 0. The lowest BCUT2D eigenvalue weighted by atomic mass is 9.79. The van der Waals surface area contributed by atoms with Crippen LogP contribution in [0.4, 0.5) is 5.69 Å². The minimum atomic E-state index is -0.374. The van der Waals surface area contributed by atoms with Gasteiger partial charge in [-0.25, -0.2) is 0 Å². The number of hydrogen-bond acceptors (Lipinski definition) is 4. The number of methoxy groups -OCH3 is 1. The van der Waals surface area contributed by atoms with Gasteiger partial charge in [-0.3, -0.25) is 15.1 Å². The highest BCUT2D eigenvalue weighted by molar-refractivity contribution is 5.73. The van der Waals surface area contributed by atoms with Gasteiger partial charge in [0.05, 0.1) is 16.6 Å². The van der Waals surface area contributed by atoms with E-state index in [1.807, 2.05) is 0 Å². The zero-order chi connectivity index (χ0) is 14.0. The van der Waals surface area contributed by atoms with Gasteiger partial charge in [0.25, 0.3) is 5.69 Å². The van der Waals surface area contributed by atoms with E-state index >= 15 is 0 Å². The van der Waals surface area contributed by atoms with E-state index in [0.29, 0.717) is 11.5 Å². The fourth-order valence-electron chi connectivity index (χ4n) is 2.91. The molecular formula is C14H18N2O3. The van der Waals surface area contributed by atoms with Crippen LogP contribution in [0.15, 0.2) is 24.5 Å². The number of aromatic nitrogens is 1. The van der Waals surface area contributed by atoms with Crippen molar-refractivity contribution in [2.75, 3.05) is 7.11 Å². The summed E-state index contributed by atoms with van der Waals surface area (Å²) in [6.07, 6.45) is 5.95. The van der Waals surface area contributed by atoms with Gasteiger partial charge in [0.1, 0.15) is 6.20 Å². The van der Waals surface area contributed by atoms with Crippen molar-refractivity contribution >= 4 is 11.3 Å². The highest BCUT2D eigenvalue weighted by Crippen LogP contribution is 2.37. The summed E-state index contributed by atoms with van der Waals surface area (Å²) in [5, 5.41) is 11.1. The zero-order valence-electron chi connectivity index (χ0n) is 11.4. The number of nitrogens with zero attached hydrogens (tertiary/aromatic N) is 2. The standard InChI is InChI=1S/C14H18N2O3/c1-9-6-11(7-10(2)14(9)19-3)12-4-5-15-8-13(12)16(17)18/h4-6,8-10,14H,7H2,1-3H3/t9-,10+,14-/m1/s1. The van der Waals surface area contributed by atoms with Crippen LogP contribution in [0.1, 0.15) is 25.8 Å². The fourth-order valence-corrected chi connectivity index (χ4v) is 2.91. The molecule has 19 heavy (non-hydrogen) atoms. The van der Waals surface area contributed by atoms with Gasteiger partial charge in [0, 0.05) is 19.2 Å². The van der Waals surface area contributed by atoms with Gasteiger partial charge in [0.2, 0.25) is 0 Å². The predicted molar refractivity (Wildman–Crippen MR) is 72.6 cm³/mol. The Morgan fingerprint density at radius 2 is 2.21 bits per heavy atom. The summed E-state index contributed by atoms with van der Waals surface area (Å²) < 4.78 is 5.49. The molecule has 1 aliphatic carbocycles. The van der Waals surface area contributed by atoms with Crippen molar-refractivity contribution in [3.8, 4) is 0 Å². The maximum atomic E-state index is 11.1. The molecule has 3 atom stereocenters. The molecule has 0 saturated heterocycles. The Morgan fingerprint density at radius 1 is 1.47 bits per heavy atom. The van der Waals surface area contributed by atoms with Crippen molar-refractivity contribution in [2.24, 2.45) is 11.8 Å². The third-order valence-electron chi connectivity index (χ3n) is 3.70. The number of hydrogen-bond donors (Lipinski definition) is 0. The van der Waals surface area contributed by atoms with Crippen molar-refractivity contribution in [3.05, 3.63) is 40.2 Å². The normalized spacial score (nSPS) is 26.9. The van der Waals surface area contributed by atoms with E-state index in [1.165, 1.54) is 6.20 Å². The molecule has 5 heteroatoms. The third-order valence-corrected chi connectivity index (χ3v) is 3.70. The van der Waals surface area contributed by atoms with Crippen LogP contribution in [0, 0.1) is 22.0 Å². The molecule has 1 aromatic heterocycles. The lowest BCUT2D eigenvalue weighted by Gasteiger charge is -2.32. The van der Waals surface area contributed by atoms with Gasteiger partial charge in [-0.1, -0.05) is 19.9 Å². The van der Waals surface area contributed by atoms with Gasteiger partial charge in [-0.05, 0) is 24.0 Å². The fraction of sp³-hybridized carbons (Fsp3) is 0.500. The number of nitro groups is 1. The van der Waals surface area contributed by atoms with Crippen LogP contribution in [0.25, 0.3) is 5.57 Å². The molecule has 0 saturated carbocycles. The summed E-state index contributed by atoms with van der Waals surface area (Å²) in [5.74, 6) is 0.587. The van der Waals surface area contributed by atoms with Crippen LogP contribution in [-0.4, -0.2) is 23.1 Å². The maximum absolute atomic E-state index is 11.1. The van der Waals surface area contributed by atoms with E-state index in [0.717, 1.165) is 12.0 Å². The molecule has 1 aliphatic rings. The van der Waals surface area contributed by atoms with Crippen LogP contribution in [0.3, 0.4) is 0 Å². The van der Waals surface area contributed by atoms with Gasteiger partial charge >= 0.3 is 0 Å². The molecule has 0 unspecified atom stereocenters. The lowest BCUT2D eigenvalue weighted by Crippen LogP contribution is -2.30. The minimum Gasteiger partial charge on any atom is -0.381 e. The van der Waals surface area contributed by atoms with Gasteiger partial charge in [-0.2, -0.15) is 0 Å². The second-order valence-corrected chi connectivity index (χ2v) is 5.08. The van der Waals surface area contributed by atoms with Crippen molar-refractivity contribution in [3.63, 3.8) is 0 Å². The summed E-state index contributed by atoms with van der Waals surface area (Å²) in [6, 6.07) is 1.72. The Morgan fingerprint density at radius 3 is 2.79 bits per heavy atom. The van der Waals surface area contributed by atoms with Crippen LogP contribution in [0.5, 0.6) is 0 Å². The lowest BCUT2D eigenvalue weighted by molar-refractivity contribution is -0.385. The molecule has 2 rings (SSSR count). The van der Waals surface area contributed by atoms with Crippen LogP contribution in [0.2, 0.25) is 0 Å². The first-order chi connectivity index (χ1) is 9.04. The summed E-state index contributed by atoms with van der Waals surface area (Å²) in [4.78, 5) is 14.5. The minimum absolute atomic E-state index is 0.0732. The molecule has 0 amide bonds. The SMILES string of the molecule is CO[C@@H]1[C@H](C)C=C(c2ccncc2[N+](=O)[O-])C[C@@H]1C. The zero-order valence-corrected chi connectivity index (χ0v) is 11.4. The molecule has 0 bridgehead atoms. The van der Waals surface area contributed by atoms with Gasteiger partial charge < -0.3 is 4.74 Å². The Labute approximate surface area is 112 Å². The summed E-state index contributed by atoms with van der Waals surface area (Å²) in [7, 11) is 1.71. The van der Waals surface area contributed by atoms with E-state index in [4.69, 9.17) is 4.74 Å². The van der Waals surface area contributed by atoms with Crippen molar-refractivity contribution in [1.82, 2.24) is 4.98 Å². The number of pyridine rings is 1. The second kappa shape index (κ2) is 5.48. The second-order valence-electron chi connectivity index (χ2n) is 5.08. The Hall–Kier alpha value is -1.75. The summed E-state index contributed by atoms with van der Waals surface area (Å²) in [6.45, 7) is 4.20. The first kappa shape index (κ1) is 13.7. The topological polar surface area (TPSA) is 65.3 Å². The van der Waals surface area contributed by atoms with E-state index in [2.05, 4.69) is 24.9 Å². The first-order valence-electron chi connectivity index (χ1n) is 6.36. The Bertz CT molecular complexity index is 513. The quantitative estimate of drug-likeness (QED) is 0.620. The summed E-state index contributed by atoms with van der Waals surface area (Å²) in [5.41, 5.74) is 1.76. The van der Waals surface area contributed by atoms with Crippen molar-refractivity contribution < 1.29 is 9.66 Å². The van der Waals surface area contributed by atoms with Gasteiger partial charge in [-0.15, -0.1) is 0 Å². The molecule has 0 aromatic carbocycles. The number of ether oxygens (including phenoxy) is 1. The van der Waals surface area contributed by atoms with E-state index < -0.39 is 0 Å². The van der Waals surface area contributed by atoms with E-state index in [9.17, 15) is 10.1 Å². The molecule has 0 aliphatic heterocycles. The van der Waals surface area contributed by atoms with Crippen LogP contribution >= 0.6 is 0 Å². The molecular weight excluding hydrogens is 244 g/mol. The average Bonchev–Trinajstić information content (AvgIpc) is 2.38. The third kappa shape index (κ3) is 2.66. The molecule has 5 nitrogen and oxygen atoms in total. The average molecular weight is 262 g/mol. The number of allylic oxidation sites excluding steroid dienone is 1. The number of rotatable bonds is 3. The molecule has 102 valence electrons. The monoisotopic (exact) mass is 262 g/mol. The Balaban J connectivity index is 2.41. The molecule has 0 spiro atoms. The van der Waals surface area contributed by atoms with Crippen LogP contribution < -0.4 is 0 Å². The predicted octanol–water partition coefficient (Wildman–Crippen LogP) is 3.06. The maximum Gasteiger partial charge on any atom is 0.294 e. The van der Waals surface area contributed by atoms with E-state index in [-0.39, 0.29) is 22.6 Å². The molecule has 1 aromatic rings. The molecule has 0 radical (unpaired) electrons. The highest BCUT2D eigenvalue weighted by atomic mass is 16.6. The van der Waals surface area contributed by atoms with Crippen molar-refractivity contribution in [2.45, 2.75) is 26.4 Å². The van der Waals surface area contributed by atoms with Gasteiger partial charge in [0.15, 0.2) is 0 Å². The molecule has 0 N–H and O–H groups in total. The van der Waals surface area contributed by atoms with E-state index in [1.54, 1.807) is 19.4 Å². The largest absolute Gasteiger partial charge is 0.381 e. The Kier molecular flexibility index (Phi) is 3.95. The molecule has 0 fully saturated rings. The highest BCUT2D eigenvalue weighted by Gasteiger charge is 2.30. The van der Waals surface area contributed by atoms with Crippen molar-refractivity contribution in [1.29, 1.82) is 0 Å². The smallest absolute Gasteiger partial charge is 0.294 e. The first-order valence-corrected chi connectivity index (χ1v) is 6.36. The van der Waals surface area contributed by atoms with Crippen LogP contribution in [-0.2, 0) is 4.74 Å².